The fourth-order valence-electron chi connectivity index (χ4n) is 6.88. The summed E-state index contributed by atoms with van der Waals surface area (Å²) in [5, 5.41) is 10.9. The topological polar surface area (TPSA) is 37.3 Å². The standard InChI is InChI=1S/C20H30O2/c1-18-9-6-14(21)12-13(18)4-5-15-16(18)7-10-19(2)17(15)8-11-20(19,3)22/h6,9,13,15-17,22H,4-5,7-8,10-12H2,1-3H3/t13-,15+,16+,17-,18-,19-,20-/m0/s1. The second kappa shape index (κ2) is 4.47. The van der Waals surface area contributed by atoms with Gasteiger partial charge in [0.1, 0.15) is 0 Å². The molecule has 4 aliphatic rings. The Morgan fingerprint density at radius 3 is 2.55 bits per heavy atom. The van der Waals surface area contributed by atoms with Crippen molar-refractivity contribution in [2.24, 2.45) is 34.5 Å². The number of rotatable bonds is 0. The Bertz CT molecular complexity index is 534. The van der Waals surface area contributed by atoms with Crippen LogP contribution < -0.4 is 0 Å². The van der Waals surface area contributed by atoms with E-state index in [0.717, 1.165) is 25.2 Å². The third-order valence-corrected chi connectivity index (χ3v) is 8.60. The number of hydrogen-bond acceptors (Lipinski definition) is 2. The summed E-state index contributed by atoms with van der Waals surface area (Å²) in [6.45, 7) is 6.82. The van der Waals surface area contributed by atoms with E-state index in [9.17, 15) is 9.90 Å². The molecule has 7 atom stereocenters. The minimum Gasteiger partial charge on any atom is -0.390 e. The average Bonchev–Trinajstić information content (AvgIpc) is 2.70. The average molecular weight is 302 g/mol. The van der Waals surface area contributed by atoms with Crippen LogP contribution in [0.2, 0.25) is 0 Å². The molecule has 0 aliphatic heterocycles. The fourth-order valence-corrected chi connectivity index (χ4v) is 6.88. The lowest BCUT2D eigenvalue weighted by Crippen LogP contribution is -2.55. The van der Waals surface area contributed by atoms with Crippen LogP contribution in [0.5, 0.6) is 0 Å². The molecule has 22 heavy (non-hydrogen) atoms. The smallest absolute Gasteiger partial charge is 0.155 e. The second-order valence-electron chi connectivity index (χ2n) is 9.29. The molecule has 4 aliphatic carbocycles. The number of ketones is 1. The molecule has 0 bridgehead atoms. The molecule has 3 saturated carbocycles. The molecular formula is C20H30O2. The Balaban J connectivity index is 1.69. The highest BCUT2D eigenvalue weighted by atomic mass is 16.3. The Labute approximate surface area is 134 Å². The zero-order valence-corrected chi connectivity index (χ0v) is 14.3. The van der Waals surface area contributed by atoms with E-state index in [1.807, 2.05) is 6.08 Å². The predicted molar refractivity (Wildman–Crippen MR) is 87.3 cm³/mol. The van der Waals surface area contributed by atoms with Crippen LogP contribution in [0, 0.1) is 34.5 Å². The van der Waals surface area contributed by atoms with Gasteiger partial charge in [-0.05, 0) is 86.0 Å². The predicted octanol–water partition coefficient (Wildman–Crippen LogP) is 4.13. The minimum atomic E-state index is -0.487. The van der Waals surface area contributed by atoms with Crippen LogP contribution in [-0.4, -0.2) is 16.5 Å². The summed E-state index contributed by atoms with van der Waals surface area (Å²) in [5.74, 6) is 3.00. The molecule has 1 N–H and O–H groups in total. The maximum absolute atomic E-state index is 11.8. The SMILES string of the molecule is C[C@]12C=CC(=O)C[C@@H]1CC[C@@H]1[C@H]2CC[C@@]2(C)[C@H]1CC[C@]2(C)O. The third-order valence-electron chi connectivity index (χ3n) is 8.60. The van der Waals surface area contributed by atoms with Gasteiger partial charge in [-0.25, -0.2) is 0 Å². The van der Waals surface area contributed by atoms with Crippen LogP contribution in [0.4, 0.5) is 0 Å². The van der Waals surface area contributed by atoms with E-state index in [0.29, 0.717) is 23.5 Å². The summed E-state index contributed by atoms with van der Waals surface area (Å²) in [4.78, 5) is 11.8. The maximum atomic E-state index is 11.8. The molecule has 3 fully saturated rings. The first kappa shape index (κ1) is 14.9. The van der Waals surface area contributed by atoms with E-state index in [-0.39, 0.29) is 10.8 Å². The van der Waals surface area contributed by atoms with Crippen molar-refractivity contribution in [2.75, 3.05) is 0 Å². The van der Waals surface area contributed by atoms with Gasteiger partial charge in [0.05, 0.1) is 5.60 Å². The molecule has 0 aromatic carbocycles. The zero-order valence-electron chi connectivity index (χ0n) is 14.3. The molecule has 4 rings (SSSR count). The zero-order chi connectivity index (χ0) is 15.8. The van der Waals surface area contributed by atoms with Gasteiger partial charge < -0.3 is 5.11 Å². The van der Waals surface area contributed by atoms with E-state index >= 15 is 0 Å². The molecule has 2 heteroatoms. The third kappa shape index (κ3) is 1.74. The molecule has 0 saturated heterocycles. The van der Waals surface area contributed by atoms with Crippen molar-refractivity contribution in [1.29, 1.82) is 0 Å². The molecular weight excluding hydrogens is 272 g/mol. The molecule has 0 spiro atoms. The highest BCUT2D eigenvalue weighted by Gasteiger charge is 2.62. The van der Waals surface area contributed by atoms with E-state index in [2.05, 4.69) is 26.8 Å². The monoisotopic (exact) mass is 302 g/mol. The van der Waals surface area contributed by atoms with E-state index in [4.69, 9.17) is 0 Å². The van der Waals surface area contributed by atoms with E-state index < -0.39 is 5.60 Å². The van der Waals surface area contributed by atoms with Crippen molar-refractivity contribution in [3.05, 3.63) is 12.2 Å². The van der Waals surface area contributed by atoms with Crippen LogP contribution in [0.3, 0.4) is 0 Å². The van der Waals surface area contributed by atoms with Crippen LogP contribution in [0.15, 0.2) is 12.2 Å². The first-order chi connectivity index (χ1) is 10.3. The summed E-state index contributed by atoms with van der Waals surface area (Å²) in [6.07, 6.45) is 11.9. The highest BCUT2D eigenvalue weighted by Crippen LogP contribution is 2.67. The van der Waals surface area contributed by atoms with Gasteiger partial charge in [-0.1, -0.05) is 19.9 Å². The van der Waals surface area contributed by atoms with Crippen molar-refractivity contribution in [3.63, 3.8) is 0 Å². The number of fused-ring (bicyclic) bond motifs is 5. The molecule has 2 nitrogen and oxygen atoms in total. The van der Waals surface area contributed by atoms with Gasteiger partial charge in [0, 0.05) is 6.42 Å². The summed E-state index contributed by atoms with van der Waals surface area (Å²) >= 11 is 0. The molecule has 122 valence electrons. The first-order valence-electron chi connectivity index (χ1n) is 9.22. The number of aliphatic hydroxyl groups is 1. The number of carbonyl (C=O) groups is 1. The number of allylic oxidation sites excluding steroid dienone is 2. The van der Waals surface area contributed by atoms with E-state index in [1.54, 1.807) is 0 Å². The first-order valence-corrected chi connectivity index (χ1v) is 9.22. The summed E-state index contributed by atoms with van der Waals surface area (Å²) < 4.78 is 0. The van der Waals surface area contributed by atoms with Gasteiger partial charge in [0.15, 0.2) is 5.78 Å². The van der Waals surface area contributed by atoms with Crippen molar-refractivity contribution in [1.82, 2.24) is 0 Å². The lowest BCUT2D eigenvalue weighted by Gasteiger charge is -2.59. The van der Waals surface area contributed by atoms with Crippen LogP contribution >= 0.6 is 0 Å². The van der Waals surface area contributed by atoms with Crippen molar-refractivity contribution < 1.29 is 9.90 Å². The van der Waals surface area contributed by atoms with Gasteiger partial charge in [-0.3, -0.25) is 4.79 Å². The quantitative estimate of drug-likeness (QED) is 0.730. The molecule has 0 unspecified atom stereocenters. The van der Waals surface area contributed by atoms with Crippen LogP contribution in [0.25, 0.3) is 0 Å². The van der Waals surface area contributed by atoms with Crippen LogP contribution in [-0.2, 0) is 4.79 Å². The minimum absolute atomic E-state index is 0.103. The van der Waals surface area contributed by atoms with Crippen molar-refractivity contribution in [2.45, 2.75) is 71.3 Å². The van der Waals surface area contributed by atoms with Crippen molar-refractivity contribution >= 4 is 5.78 Å². The lowest BCUT2D eigenvalue weighted by atomic mass is 9.45. The lowest BCUT2D eigenvalue weighted by molar-refractivity contribution is -0.135. The molecule has 0 radical (unpaired) electrons. The van der Waals surface area contributed by atoms with E-state index in [1.165, 1.54) is 25.7 Å². The van der Waals surface area contributed by atoms with Gasteiger partial charge in [0.25, 0.3) is 0 Å². The van der Waals surface area contributed by atoms with Crippen LogP contribution in [0.1, 0.15) is 65.7 Å². The van der Waals surface area contributed by atoms with Gasteiger partial charge >= 0.3 is 0 Å². The number of carbonyl (C=O) groups excluding carboxylic acids is 1. The summed E-state index contributed by atoms with van der Waals surface area (Å²) in [6, 6.07) is 0. The highest BCUT2D eigenvalue weighted by molar-refractivity contribution is 5.91. The molecule has 0 amide bonds. The van der Waals surface area contributed by atoms with Gasteiger partial charge in [0.2, 0.25) is 0 Å². The summed E-state index contributed by atoms with van der Waals surface area (Å²) in [7, 11) is 0. The Morgan fingerprint density at radius 2 is 1.77 bits per heavy atom. The second-order valence-corrected chi connectivity index (χ2v) is 9.29. The van der Waals surface area contributed by atoms with Gasteiger partial charge in [-0.2, -0.15) is 0 Å². The molecule has 0 aromatic rings. The van der Waals surface area contributed by atoms with Gasteiger partial charge in [-0.15, -0.1) is 0 Å². The maximum Gasteiger partial charge on any atom is 0.155 e. The fraction of sp³-hybridized carbons (Fsp3) is 0.850. The molecule has 0 aromatic heterocycles. The Hall–Kier alpha value is -0.630. The Kier molecular flexibility index (Phi) is 3.03. The summed E-state index contributed by atoms with van der Waals surface area (Å²) in [5.41, 5.74) is -0.170. The van der Waals surface area contributed by atoms with Crippen molar-refractivity contribution in [3.8, 4) is 0 Å². The largest absolute Gasteiger partial charge is 0.390 e. The molecule has 0 heterocycles. The normalized spacial score (nSPS) is 57.2. The number of hydrogen-bond donors (Lipinski definition) is 1. The Morgan fingerprint density at radius 1 is 1.05 bits per heavy atom.